The Kier molecular flexibility index (Phi) is 6.04. The summed E-state index contributed by atoms with van der Waals surface area (Å²) >= 11 is 3.40. The highest BCUT2D eigenvalue weighted by atomic mass is 79.9. The fourth-order valence-corrected chi connectivity index (χ4v) is 2.40. The minimum Gasteiger partial charge on any atom is -0.491 e. The molecule has 0 aliphatic heterocycles. The summed E-state index contributed by atoms with van der Waals surface area (Å²) in [5.41, 5.74) is 2.82. The lowest BCUT2D eigenvalue weighted by Gasteiger charge is -2.12. The topological polar surface area (TPSA) is 50.4 Å². The van der Waals surface area contributed by atoms with E-state index < -0.39 is 0 Å². The van der Waals surface area contributed by atoms with E-state index in [0.29, 0.717) is 6.54 Å². The van der Waals surface area contributed by atoms with Crippen LogP contribution < -0.4 is 15.4 Å². The number of hydrogen-bond donors (Lipinski definition) is 2. The van der Waals surface area contributed by atoms with Crippen LogP contribution >= 0.6 is 15.9 Å². The molecule has 0 radical (unpaired) electrons. The van der Waals surface area contributed by atoms with Crippen LogP contribution in [-0.4, -0.2) is 12.1 Å². The number of amides is 2. The van der Waals surface area contributed by atoms with Crippen molar-refractivity contribution in [2.45, 2.75) is 33.4 Å². The number of anilines is 1. The van der Waals surface area contributed by atoms with Crippen molar-refractivity contribution in [3.05, 3.63) is 58.1 Å². The van der Waals surface area contributed by atoms with E-state index in [1.54, 1.807) is 0 Å². The van der Waals surface area contributed by atoms with E-state index in [1.165, 1.54) is 0 Å². The van der Waals surface area contributed by atoms with Crippen LogP contribution in [0.25, 0.3) is 0 Å². The van der Waals surface area contributed by atoms with Crippen LogP contribution in [0.2, 0.25) is 0 Å². The van der Waals surface area contributed by atoms with Crippen LogP contribution in [-0.2, 0) is 6.54 Å². The fourth-order valence-electron chi connectivity index (χ4n) is 2.04. The number of urea groups is 1. The first-order valence-corrected chi connectivity index (χ1v) is 8.30. The third-order valence-electron chi connectivity index (χ3n) is 3.20. The third-order valence-corrected chi connectivity index (χ3v) is 3.69. The Morgan fingerprint density at radius 1 is 1.17 bits per heavy atom. The number of carbonyl (C=O) groups is 1. The van der Waals surface area contributed by atoms with E-state index in [2.05, 4.69) is 26.6 Å². The molecule has 0 aromatic heterocycles. The number of benzene rings is 2. The van der Waals surface area contributed by atoms with Crippen molar-refractivity contribution in [3.8, 4) is 5.75 Å². The van der Waals surface area contributed by atoms with Crippen LogP contribution in [0.4, 0.5) is 10.5 Å². The van der Waals surface area contributed by atoms with Crippen molar-refractivity contribution in [1.29, 1.82) is 0 Å². The molecule has 0 unspecified atom stereocenters. The molecular weight excluding hydrogens is 356 g/mol. The van der Waals surface area contributed by atoms with Gasteiger partial charge in [-0.25, -0.2) is 4.79 Å². The Labute approximate surface area is 145 Å². The molecule has 4 nitrogen and oxygen atoms in total. The van der Waals surface area contributed by atoms with Gasteiger partial charge in [-0.15, -0.1) is 0 Å². The molecule has 2 amide bonds. The van der Waals surface area contributed by atoms with Crippen LogP contribution in [0.15, 0.2) is 46.9 Å². The minimum atomic E-state index is -0.228. The highest BCUT2D eigenvalue weighted by Gasteiger charge is 2.05. The predicted octanol–water partition coefficient (Wildman–Crippen LogP) is 4.87. The zero-order valence-electron chi connectivity index (χ0n) is 13.5. The second kappa shape index (κ2) is 8.02. The third kappa shape index (κ3) is 5.60. The van der Waals surface area contributed by atoms with Gasteiger partial charge >= 0.3 is 6.03 Å². The molecule has 0 atom stereocenters. The zero-order valence-corrected chi connectivity index (χ0v) is 15.1. The molecule has 0 fully saturated rings. The van der Waals surface area contributed by atoms with Gasteiger partial charge in [0.15, 0.2) is 0 Å². The van der Waals surface area contributed by atoms with Gasteiger partial charge in [0.2, 0.25) is 0 Å². The molecule has 2 aromatic rings. The average Bonchev–Trinajstić information content (AvgIpc) is 2.50. The standard InChI is InChI=1S/C18H21BrN2O2/c1-12(2)23-16-8-5-14(6-9-16)11-20-18(22)21-17-10-15(19)7-4-13(17)3/h4-10,12H,11H2,1-3H3,(H2,20,21,22). The first-order chi connectivity index (χ1) is 10.9. The van der Waals surface area contributed by atoms with E-state index in [1.807, 2.05) is 63.2 Å². The van der Waals surface area contributed by atoms with Gasteiger partial charge in [-0.1, -0.05) is 34.1 Å². The number of rotatable bonds is 5. The van der Waals surface area contributed by atoms with Crippen molar-refractivity contribution in [2.75, 3.05) is 5.32 Å². The van der Waals surface area contributed by atoms with E-state index in [4.69, 9.17) is 4.74 Å². The van der Waals surface area contributed by atoms with Gasteiger partial charge in [0.25, 0.3) is 0 Å². The van der Waals surface area contributed by atoms with Gasteiger partial charge in [-0.3, -0.25) is 0 Å². The zero-order chi connectivity index (χ0) is 16.8. The average molecular weight is 377 g/mol. The summed E-state index contributed by atoms with van der Waals surface area (Å²) < 4.78 is 6.52. The summed E-state index contributed by atoms with van der Waals surface area (Å²) in [6.07, 6.45) is 0.151. The molecule has 23 heavy (non-hydrogen) atoms. The van der Waals surface area contributed by atoms with E-state index in [9.17, 15) is 4.79 Å². The molecule has 2 N–H and O–H groups in total. The van der Waals surface area contributed by atoms with Crippen molar-refractivity contribution in [3.63, 3.8) is 0 Å². The molecule has 5 heteroatoms. The molecule has 0 bridgehead atoms. The summed E-state index contributed by atoms with van der Waals surface area (Å²) in [6, 6.07) is 13.3. The highest BCUT2D eigenvalue weighted by Crippen LogP contribution is 2.20. The van der Waals surface area contributed by atoms with Gasteiger partial charge in [0, 0.05) is 16.7 Å². The largest absolute Gasteiger partial charge is 0.491 e. The Bertz CT molecular complexity index is 669. The molecule has 122 valence electrons. The van der Waals surface area contributed by atoms with E-state index in [0.717, 1.165) is 27.0 Å². The lowest BCUT2D eigenvalue weighted by molar-refractivity contribution is 0.242. The summed E-state index contributed by atoms with van der Waals surface area (Å²) in [7, 11) is 0. The molecule has 0 heterocycles. The molecule has 0 spiro atoms. The molecular formula is C18H21BrN2O2. The van der Waals surface area contributed by atoms with E-state index >= 15 is 0 Å². The van der Waals surface area contributed by atoms with Crippen molar-refractivity contribution in [1.82, 2.24) is 5.32 Å². The van der Waals surface area contributed by atoms with Gasteiger partial charge < -0.3 is 15.4 Å². The molecule has 2 rings (SSSR count). The van der Waals surface area contributed by atoms with E-state index in [-0.39, 0.29) is 12.1 Å². The van der Waals surface area contributed by atoms with Crippen LogP contribution in [0, 0.1) is 6.92 Å². The van der Waals surface area contributed by atoms with Crippen LogP contribution in [0.1, 0.15) is 25.0 Å². The summed E-state index contributed by atoms with van der Waals surface area (Å²) in [5, 5.41) is 5.70. The van der Waals surface area contributed by atoms with Gasteiger partial charge in [-0.2, -0.15) is 0 Å². The van der Waals surface area contributed by atoms with Gasteiger partial charge in [0.05, 0.1) is 6.10 Å². The number of nitrogens with one attached hydrogen (secondary N) is 2. The molecule has 0 saturated heterocycles. The molecule has 0 aliphatic rings. The number of carbonyl (C=O) groups excluding carboxylic acids is 1. The van der Waals surface area contributed by atoms with Gasteiger partial charge in [-0.05, 0) is 56.2 Å². The Hall–Kier alpha value is -2.01. The van der Waals surface area contributed by atoms with Gasteiger partial charge in [0.1, 0.15) is 5.75 Å². The Morgan fingerprint density at radius 2 is 1.87 bits per heavy atom. The lowest BCUT2D eigenvalue weighted by atomic mass is 10.2. The van der Waals surface area contributed by atoms with Crippen LogP contribution in [0.5, 0.6) is 5.75 Å². The van der Waals surface area contributed by atoms with Crippen molar-refractivity contribution in [2.24, 2.45) is 0 Å². The SMILES string of the molecule is Cc1ccc(Br)cc1NC(=O)NCc1ccc(OC(C)C)cc1. The van der Waals surface area contributed by atoms with Crippen LogP contribution in [0.3, 0.4) is 0 Å². The lowest BCUT2D eigenvalue weighted by Crippen LogP contribution is -2.28. The summed E-state index contributed by atoms with van der Waals surface area (Å²) in [4.78, 5) is 12.0. The summed E-state index contributed by atoms with van der Waals surface area (Å²) in [5.74, 6) is 0.831. The normalized spacial score (nSPS) is 10.5. The summed E-state index contributed by atoms with van der Waals surface area (Å²) in [6.45, 7) is 6.39. The second-order valence-corrected chi connectivity index (χ2v) is 6.49. The number of hydrogen-bond acceptors (Lipinski definition) is 2. The maximum Gasteiger partial charge on any atom is 0.319 e. The van der Waals surface area contributed by atoms with Crippen molar-refractivity contribution < 1.29 is 9.53 Å². The fraction of sp³-hybridized carbons (Fsp3) is 0.278. The first-order valence-electron chi connectivity index (χ1n) is 7.50. The Morgan fingerprint density at radius 3 is 2.52 bits per heavy atom. The monoisotopic (exact) mass is 376 g/mol. The maximum atomic E-state index is 12.0. The first kappa shape index (κ1) is 17.3. The number of ether oxygens (including phenoxy) is 1. The Balaban J connectivity index is 1.88. The highest BCUT2D eigenvalue weighted by molar-refractivity contribution is 9.10. The quantitative estimate of drug-likeness (QED) is 0.781. The van der Waals surface area contributed by atoms with Crippen molar-refractivity contribution >= 4 is 27.6 Å². The minimum absolute atomic E-state index is 0.151. The number of aryl methyl sites for hydroxylation is 1. The molecule has 0 saturated carbocycles. The predicted molar refractivity (Wildman–Crippen MR) is 96.9 cm³/mol. The number of halogens is 1. The smallest absolute Gasteiger partial charge is 0.319 e. The maximum absolute atomic E-state index is 12.0. The second-order valence-electron chi connectivity index (χ2n) is 5.58. The molecule has 2 aromatic carbocycles. The molecule has 0 aliphatic carbocycles.